The molecule has 0 fully saturated rings. The molecule has 0 heterocycles. The first-order valence-electron chi connectivity index (χ1n) is 10.9. The first kappa shape index (κ1) is 42.8. The third-order valence-corrected chi connectivity index (χ3v) is 12.1. The van der Waals surface area contributed by atoms with Crippen LogP contribution in [0.2, 0.25) is 78.6 Å². The molecule has 0 atom stereocenters. The van der Waals surface area contributed by atoms with E-state index in [1.165, 1.54) is 47.0 Å². The molecule has 0 saturated carbocycles. The van der Waals surface area contributed by atoms with E-state index in [-0.39, 0.29) is 16.5 Å². The number of thioether (sulfide) groups is 4. The summed E-state index contributed by atoms with van der Waals surface area (Å²) in [6.45, 7) is 26.5. The predicted molar refractivity (Wildman–Crippen MR) is 198 cm³/mol. The molecular formula is C24H36NiS8Si4-4. The topological polar surface area (TPSA) is 0 Å². The molecule has 13 heteroatoms. The van der Waals surface area contributed by atoms with E-state index in [9.17, 15) is 0 Å². The van der Waals surface area contributed by atoms with Crippen LogP contribution in [0, 0.1) is 43.2 Å². The van der Waals surface area contributed by atoms with Crippen LogP contribution in [0.15, 0.2) is 16.9 Å². The van der Waals surface area contributed by atoms with E-state index in [0.29, 0.717) is 16.9 Å². The average molecular weight is 752 g/mol. The van der Waals surface area contributed by atoms with Gasteiger partial charge < -0.3 is 50.5 Å². The molecule has 0 N–H and O–H groups in total. The minimum atomic E-state index is -1.32. The summed E-state index contributed by atoms with van der Waals surface area (Å²) in [7, 11) is -5.29. The summed E-state index contributed by atoms with van der Waals surface area (Å²) in [5.41, 5.74) is 13.0. The quantitative estimate of drug-likeness (QED) is 0.157. The van der Waals surface area contributed by atoms with Crippen molar-refractivity contribution < 1.29 is 16.5 Å². The third kappa shape index (κ3) is 33.5. The summed E-state index contributed by atoms with van der Waals surface area (Å²) < 4.78 is 2.69. The summed E-state index contributed by atoms with van der Waals surface area (Å²) in [6.07, 6.45) is 0. The van der Waals surface area contributed by atoms with Crippen LogP contribution in [0.1, 0.15) is 0 Å². The largest absolute Gasteiger partial charge is 0.773 e. The number of hydrogen-bond acceptors (Lipinski definition) is 8. The molecule has 0 aromatic rings. The molecular weight excluding hydrogens is 716 g/mol. The van der Waals surface area contributed by atoms with Crippen LogP contribution in [0.4, 0.5) is 0 Å². The van der Waals surface area contributed by atoms with Crippen molar-refractivity contribution in [2.75, 3.05) is 0 Å². The van der Waals surface area contributed by atoms with Crippen LogP contribution >= 0.6 is 47.0 Å². The average Bonchev–Trinajstić information content (AvgIpc) is 2.64. The summed E-state index contributed by atoms with van der Waals surface area (Å²) in [6, 6.07) is 0. The van der Waals surface area contributed by atoms with E-state index < -0.39 is 32.3 Å². The number of rotatable bonds is 4. The maximum absolute atomic E-state index is 5.23. The standard InChI is InChI=1S/2C12H20S4Si2.Ni/c2*1-17(2,3)9-7-15-11(13)12(14)16-8-10-18(4,5)6;/h2*13-14H,1-6H3;/p-4/b2*12-11-;. The van der Waals surface area contributed by atoms with Gasteiger partial charge >= 0.3 is 0 Å². The van der Waals surface area contributed by atoms with Gasteiger partial charge in [-0.1, -0.05) is 126 Å². The van der Waals surface area contributed by atoms with Gasteiger partial charge in [0.2, 0.25) is 0 Å². The Kier molecular flexibility index (Phi) is 23.5. The van der Waals surface area contributed by atoms with Gasteiger partial charge in [-0.05, 0) is 21.0 Å². The van der Waals surface area contributed by atoms with Crippen molar-refractivity contribution >= 4 is 130 Å². The fraction of sp³-hybridized carbons (Fsp3) is 0.500. The molecule has 0 amide bonds. The van der Waals surface area contributed by atoms with Gasteiger partial charge in [-0.25, -0.2) is 0 Å². The second-order valence-corrected chi connectivity index (χ2v) is 36.4. The second-order valence-electron chi connectivity index (χ2n) is 11.5. The molecule has 210 valence electrons. The molecule has 0 unspecified atom stereocenters. The molecule has 37 heavy (non-hydrogen) atoms. The van der Waals surface area contributed by atoms with Crippen molar-refractivity contribution in [2.45, 2.75) is 78.6 Å². The van der Waals surface area contributed by atoms with Gasteiger partial charge in [0.25, 0.3) is 0 Å². The smallest absolute Gasteiger partial charge is 0.130 e. The van der Waals surface area contributed by atoms with E-state index in [0.717, 1.165) is 0 Å². The molecule has 0 aliphatic carbocycles. The first-order valence-corrected chi connectivity index (χ1v) is 29.8. The van der Waals surface area contributed by atoms with E-state index >= 15 is 0 Å². The monoisotopic (exact) mass is 750 g/mol. The molecule has 0 aromatic carbocycles. The van der Waals surface area contributed by atoms with Gasteiger partial charge in [0.1, 0.15) is 32.3 Å². The van der Waals surface area contributed by atoms with Crippen molar-refractivity contribution in [1.29, 1.82) is 0 Å². The summed E-state index contributed by atoms with van der Waals surface area (Å²) in [5.74, 6) is 0. The van der Waals surface area contributed by atoms with Gasteiger partial charge in [-0.15, -0.1) is 39.1 Å². The Morgan fingerprint density at radius 1 is 0.378 bits per heavy atom. The van der Waals surface area contributed by atoms with Crippen molar-refractivity contribution in [2.24, 2.45) is 0 Å². The Morgan fingerprint density at radius 2 is 0.514 bits per heavy atom. The number of hydrogen-bond donors (Lipinski definition) is 0. The van der Waals surface area contributed by atoms with Gasteiger partial charge in [-0.3, -0.25) is 0 Å². The fourth-order valence-corrected chi connectivity index (χ4v) is 8.99. The summed E-state index contributed by atoms with van der Waals surface area (Å²) >= 11 is 26.3. The molecule has 0 saturated heterocycles. The van der Waals surface area contributed by atoms with Gasteiger partial charge in [0, 0.05) is 16.5 Å². The zero-order chi connectivity index (χ0) is 28.8. The van der Waals surface area contributed by atoms with E-state index in [1.54, 1.807) is 0 Å². The normalized spacial score (nSPS) is 12.4. The predicted octanol–water partition coefficient (Wildman–Crippen LogP) is 8.70. The Bertz CT molecular complexity index is 875. The molecule has 0 nitrogen and oxygen atoms in total. The van der Waals surface area contributed by atoms with Crippen LogP contribution < -0.4 is 0 Å². The summed E-state index contributed by atoms with van der Waals surface area (Å²) in [5, 5.41) is 12.2. The van der Waals surface area contributed by atoms with Crippen molar-refractivity contribution in [1.82, 2.24) is 0 Å². The van der Waals surface area contributed by atoms with Crippen LogP contribution in [0.5, 0.6) is 0 Å². The Labute approximate surface area is 281 Å². The van der Waals surface area contributed by atoms with Crippen LogP contribution in [0.25, 0.3) is 0 Å². The fourth-order valence-electron chi connectivity index (χ4n) is 1.07. The van der Waals surface area contributed by atoms with Crippen molar-refractivity contribution in [3.63, 3.8) is 0 Å². The van der Waals surface area contributed by atoms with Crippen molar-refractivity contribution in [3.8, 4) is 43.2 Å². The minimum Gasteiger partial charge on any atom is -0.773 e. The summed E-state index contributed by atoms with van der Waals surface area (Å²) in [4.78, 5) is 0. The molecule has 0 spiro atoms. The molecule has 0 aliphatic rings. The van der Waals surface area contributed by atoms with E-state index in [4.69, 9.17) is 50.5 Å². The molecule has 0 aliphatic heterocycles. The molecule has 0 aromatic heterocycles. The van der Waals surface area contributed by atoms with Gasteiger partial charge in [0.05, 0.1) is 0 Å². The molecule has 0 radical (unpaired) electrons. The third-order valence-electron chi connectivity index (χ3n) is 2.61. The maximum Gasteiger partial charge on any atom is 0.130 e. The Morgan fingerprint density at radius 3 is 0.622 bits per heavy atom. The van der Waals surface area contributed by atoms with E-state index in [1.807, 2.05) is 0 Å². The SMILES string of the molecule is C[Si](C)(C)C#CS/C([S-])=C(/[S-])SC#C[Si](C)(C)C.C[Si](C)(C)C#CS/C([S-])=C(/[S-])SC#C[Si](C)(C)C.[Ni]. The Hall–Kier alpha value is 1.36. The van der Waals surface area contributed by atoms with Crippen LogP contribution in [0.3, 0.4) is 0 Å². The minimum absolute atomic E-state index is 0. The van der Waals surface area contributed by atoms with Crippen LogP contribution in [-0.2, 0) is 67.0 Å². The first-order chi connectivity index (χ1) is 16.0. The van der Waals surface area contributed by atoms with E-state index in [2.05, 4.69) is 122 Å². The molecule has 0 bridgehead atoms. The van der Waals surface area contributed by atoms with Crippen LogP contribution in [-0.4, -0.2) is 32.3 Å². The second kappa shape index (κ2) is 20.3. The molecule has 0 rings (SSSR count). The zero-order valence-corrected chi connectivity index (χ0v) is 35.1. The van der Waals surface area contributed by atoms with Gasteiger partial charge in [-0.2, -0.15) is 0 Å². The zero-order valence-electron chi connectivity index (χ0n) is 23.6. The maximum atomic E-state index is 5.23. The van der Waals surface area contributed by atoms with Gasteiger partial charge in [0.15, 0.2) is 0 Å². The van der Waals surface area contributed by atoms with Crippen molar-refractivity contribution in [3.05, 3.63) is 16.9 Å². The Balaban J connectivity index is -0.000000608.